The minimum atomic E-state index is -0.376. The molecule has 2 saturated heterocycles. The summed E-state index contributed by atoms with van der Waals surface area (Å²) in [6.07, 6.45) is 3.62. The van der Waals surface area contributed by atoms with Crippen molar-refractivity contribution in [1.29, 1.82) is 0 Å². The first-order valence-electron chi connectivity index (χ1n) is 12.1. The van der Waals surface area contributed by atoms with Crippen LogP contribution in [0.3, 0.4) is 0 Å². The van der Waals surface area contributed by atoms with E-state index in [1.54, 1.807) is 30.5 Å². The summed E-state index contributed by atoms with van der Waals surface area (Å²) in [6.45, 7) is 5.56. The first kappa shape index (κ1) is 22.7. The molecule has 0 bridgehead atoms. The number of fused-ring (bicyclic) bond motifs is 1. The summed E-state index contributed by atoms with van der Waals surface area (Å²) in [5, 5.41) is 2.90. The molecule has 1 N–H and O–H groups in total. The number of hydrogen-bond acceptors (Lipinski definition) is 6. The minimum Gasteiger partial charge on any atom is -0.496 e. The third-order valence-electron chi connectivity index (χ3n) is 7.14. The fourth-order valence-electron chi connectivity index (χ4n) is 5.03. The Morgan fingerprint density at radius 3 is 2.64 bits per heavy atom. The summed E-state index contributed by atoms with van der Waals surface area (Å²) in [7, 11) is 1.52. The highest BCUT2D eigenvalue weighted by Crippen LogP contribution is 2.39. The molecule has 0 saturated carbocycles. The smallest absolute Gasteiger partial charge is 0.256 e. The van der Waals surface area contributed by atoms with Crippen LogP contribution in [-0.4, -0.2) is 68.3 Å². The van der Waals surface area contributed by atoms with Gasteiger partial charge in [0.2, 0.25) is 0 Å². The van der Waals surface area contributed by atoms with Crippen LogP contribution in [0.1, 0.15) is 11.1 Å². The van der Waals surface area contributed by atoms with Crippen molar-refractivity contribution in [1.82, 2.24) is 9.88 Å². The Morgan fingerprint density at radius 1 is 1.11 bits per heavy atom. The van der Waals surface area contributed by atoms with E-state index >= 15 is 0 Å². The predicted molar refractivity (Wildman–Crippen MR) is 138 cm³/mol. The van der Waals surface area contributed by atoms with Gasteiger partial charge in [0, 0.05) is 49.2 Å². The van der Waals surface area contributed by atoms with Gasteiger partial charge in [-0.1, -0.05) is 12.1 Å². The van der Waals surface area contributed by atoms with Gasteiger partial charge in [0.15, 0.2) is 0 Å². The molecule has 1 amide bonds. The number of halogens is 1. The molecule has 7 nitrogen and oxygen atoms in total. The fourth-order valence-corrected chi connectivity index (χ4v) is 5.03. The second-order valence-electron chi connectivity index (χ2n) is 9.25. The van der Waals surface area contributed by atoms with Crippen molar-refractivity contribution in [2.45, 2.75) is 6.04 Å². The molecule has 184 valence electrons. The topological polar surface area (TPSA) is 66.9 Å². The largest absolute Gasteiger partial charge is 0.496 e. The Labute approximate surface area is 209 Å². The number of amides is 1. The second kappa shape index (κ2) is 9.37. The first-order valence-corrected chi connectivity index (χ1v) is 12.1. The van der Waals surface area contributed by atoms with E-state index in [0.717, 1.165) is 56.3 Å². The molecule has 8 heteroatoms. The highest BCUT2D eigenvalue weighted by molar-refractivity contribution is 6.35. The van der Waals surface area contributed by atoms with Crippen molar-refractivity contribution in [3.8, 4) is 16.9 Å². The maximum Gasteiger partial charge on any atom is 0.256 e. The average Bonchev–Trinajstić information content (AvgIpc) is 3.18. The SMILES string of the molecule is COc1cccc(F)c1-c1ccc2c(c1)C(=Cc1ccc(N3CCN(C4COC4)CC3)nc1)C(=O)N2. The van der Waals surface area contributed by atoms with Crippen molar-refractivity contribution in [2.24, 2.45) is 0 Å². The number of anilines is 2. The zero-order chi connectivity index (χ0) is 24.6. The molecule has 0 aliphatic carbocycles. The van der Waals surface area contributed by atoms with Gasteiger partial charge in [-0.15, -0.1) is 0 Å². The lowest BCUT2D eigenvalue weighted by atomic mass is 9.97. The summed E-state index contributed by atoms with van der Waals surface area (Å²) < 4.78 is 25.4. The molecule has 2 fully saturated rings. The number of nitrogens with one attached hydrogen (secondary N) is 1. The number of carbonyl (C=O) groups excluding carboxylic acids is 1. The Bertz CT molecular complexity index is 1330. The molecule has 0 radical (unpaired) electrons. The number of nitrogens with zero attached hydrogens (tertiary/aromatic N) is 3. The highest BCUT2D eigenvalue weighted by atomic mass is 19.1. The quantitative estimate of drug-likeness (QED) is 0.552. The number of rotatable bonds is 5. The number of methoxy groups -OCH3 is 1. The zero-order valence-electron chi connectivity index (χ0n) is 20.0. The molecule has 6 rings (SSSR count). The Hall–Kier alpha value is -3.75. The van der Waals surface area contributed by atoms with E-state index in [0.29, 0.717) is 34.2 Å². The summed E-state index contributed by atoms with van der Waals surface area (Å²) in [6, 6.07) is 14.7. The van der Waals surface area contributed by atoms with E-state index in [1.807, 2.05) is 24.3 Å². The number of ether oxygens (including phenoxy) is 2. The molecule has 0 atom stereocenters. The zero-order valence-corrected chi connectivity index (χ0v) is 20.0. The Kier molecular flexibility index (Phi) is 5.91. The fraction of sp³-hybridized carbons (Fsp3) is 0.286. The van der Waals surface area contributed by atoms with Gasteiger partial charge in [-0.2, -0.15) is 0 Å². The lowest BCUT2D eigenvalue weighted by Gasteiger charge is -2.42. The summed E-state index contributed by atoms with van der Waals surface area (Å²) in [4.78, 5) is 22.2. The van der Waals surface area contributed by atoms with Crippen LogP contribution < -0.4 is 15.0 Å². The first-order chi connectivity index (χ1) is 17.6. The third kappa shape index (κ3) is 4.12. The van der Waals surface area contributed by atoms with Gasteiger partial charge in [0.1, 0.15) is 17.4 Å². The van der Waals surface area contributed by atoms with Crippen LogP contribution >= 0.6 is 0 Å². The molecular formula is C28H27FN4O3. The molecule has 0 spiro atoms. The summed E-state index contributed by atoms with van der Waals surface area (Å²) in [5.41, 5.74) is 3.79. The summed E-state index contributed by atoms with van der Waals surface area (Å²) >= 11 is 0. The van der Waals surface area contributed by atoms with Crippen LogP contribution in [0.4, 0.5) is 15.9 Å². The van der Waals surface area contributed by atoms with Crippen LogP contribution in [0.15, 0.2) is 54.7 Å². The van der Waals surface area contributed by atoms with E-state index in [4.69, 9.17) is 9.47 Å². The number of pyridine rings is 1. The molecule has 3 aromatic rings. The number of hydrogen-bond donors (Lipinski definition) is 1. The maximum absolute atomic E-state index is 14.7. The lowest BCUT2D eigenvalue weighted by Crippen LogP contribution is -2.56. The molecule has 3 aliphatic rings. The number of piperazine rings is 1. The molecule has 3 aliphatic heterocycles. The predicted octanol–water partition coefficient (Wildman–Crippen LogP) is 3.91. The number of benzene rings is 2. The number of aromatic nitrogens is 1. The molecule has 0 unspecified atom stereocenters. The minimum absolute atomic E-state index is 0.192. The monoisotopic (exact) mass is 486 g/mol. The normalized spacial score (nSPS) is 19.2. The van der Waals surface area contributed by atoms with E-state index in [2.05, 4.69) is 20.1 Å². The van der Waals surface area contributed by atoms with Crippen molar-refractivity contribution in [3.63, 3.8) is 0 Å². The molecule has 2 aromatic carbocycles. The molecule has 4 heterocycles. The van der Waals surface area contributed by atoms with Gasteiger partial charge < -0.3 is 19.7 Å². The molecule has 36 heavy (non-hydrogen) atoms. The third-order valence-corrected chi connectivity index (χ3v) is 7.14. The van der Waals surface area contributed by atoms with Gasteiger partial charge in [0.05, 0.1) is 31.9 Å². The van der Waals surface area contributed by atoms with Crippen LogP contribution in [0, 0.1) is 5.82 Å². The molecule has 1 aromatic heterocycles. The Morgan fingerprint density at radius 2 is 1.94 bits per heavy atom. The van der Waals surface area contributed by atoms with E-state index in [1.165, 1.54) is 13.2 Å². The van der Waals surface area contributed by atoms with Crippen LogP contribution in [0.5, 0.6) is 5.75 Å². The standard InChI is InChI=1S/C28H27FN4O3/c1-35-25-4-2-3-23(29)27(25)19-6-7-24-21(14-19)22(28(34)31-24)13-18-5-8-26(30-15-18)33-11-9-32(10-12-33)20-16-36-17-20/h2-8,13-15,20H,9-12,16-17H2,1H3,(H,31,34). The van der Waals surface area contributed by atoms with Crippen LogP contribution in [0.2, 0.25) is 0 Å². The van der Waals surface area contributed by atoms with Gasteiger partial charge >= 0.3 is 0 Å². The number of carbonyl (C=O) groups is 1. The van der Waals surface area contributed by atoms with Gasteiger partial charge in [0.25, 0.3) is 5.91 Å². The lowest BCUT2D eigenvalue weighted by molar-refractivity contribution is -0.110. The van der Waals surface area contributed by atoms with Crippen LogP contribution in [-0.2, 0) is 9.53 Å². The maximum atomic E-state index is 14.7. The van der Waals surface area contributed by atoms with E-state index in [-0.39, 0.29) is 11.7 Å². The van der Waals surface area contributed by atoms with Gasteiger partial charge in [-0.3, -0.25) is 9.69 Å². The van der Waals surface area contributed by atoms with E-state index in [9.17, 15) is 9.18 Å². The Balaban J connectivity index is 1.24. The van der Waals surface area contributed by atoms with E-state index < -0.39 is 0 Å². The average molecular weight is 487 g/mol. The van der Waals surface area contributed by atoms with Crippen LogP contribution in [0.25, 0.3) is 22.8 Å². The second-order valence-corrected chi connectivity index (χ2v) is 9.25. The van der Waals surface area contributed by atoms with Crippen molar-refractivity contribution in [3.05, 3.63) is 71.7 Å². The van der Waals surface area contributed by atoms with Crippen molar-refractivity contribution < 1.29 is 18.7 Å². The van der Waals surface area contributed by atoms with Crippen molar-refractivity contribution in [2.75, 3.05) is 56.7 Å². The van der Waals surface area contributed by atoms with Gasteiger partial charge in [-0.25, -0.2) is 9.37 Å². The van der Waals surface area contributed by atoms with Gasteiger partial charge in [-0.05, 0) is 53.6 Å². The highest BCUT2D eigenvalue weighted by Gasteiger charge is 2.29. The molecular weight excluding hydrogens is 459 g/mol. The van der Waals surface area contributed by atoms with Crippen molar-refractivity contribution >= 4 is 29.1 Å². The summed E-state index contributed by atoms with van der Waals surface area (Å²) in [5.74, 6) is 0.813.